The molecule has 1 rings (SSSR count). The van der Waals surface area contributed by atoms with Gasteiger partial charge in [-0.1, -0.05) is 0 Å². The van der Waals surface area contributed by atoms with E-state index in [1.807, 2.05) is 0 Å². The van der Waals surface area contributed by atoms with Crippen molar-refractivity contribution in [2.24, 2.45) is 0 Å². The number of carbonyl (C=O) groups is 1. The van der Waals surface area contributed by atoms with Gasteiger partial charge >= 0.3 is 5.97 Å². The first-order valence-corrected chi connectivity index (χ1v) is 6.20. The van der Waals surface area contributed by atoms with Gasteiger partial charge in [-0.3, -0.25) is 4.79 Å². The van der Waals surface area contributed by atoms with Crippen LogP contribution < -0.4 is 0 Å². The Balaban J connectivity index is 3.14. The molecule has 0 aromatic rings. The molecule has 21 heavy (non-hydrogen) atoms. The summed E-state index contributed by atoms with van der Waals surface area (Å²) < 4.78 is 9.54. The van der Waals surface area contributed by atoms with Gasteiger partial charge in [0, 0.05) is 6.92 Å². The van der Waals surface area contributed by atoms with Crippen LogP contribution in [0.2, 0.25) is 0 Å². The van der Waals surface area contributed by atoms with E-state index in [0.29, 0.717) is 0 Å². The van der Waals surface area contributed by atoms with Crippen LogP contribution in [-0.2, 0) is 14.3 Å². The van der Waals surface area contributed by atoms with Crippen LogP contribution in [-0.4, -0.2) is 97.3 Å². The van der Waals surface area contributed by atoms with Crippen molar-refractivity contribution in [1.82, 2.24) is 0 Å². The molecule has 1 aliphatic heterocycles. The first kappa shape index (κ1) is 18.2. The van der Waals surface area contributed by atoms with Crippen molar-refractivity contribution in [3.05, 3.63) is 0 Å². The molecule has 7 atom stereocenters. The number of ether oxygens (including phenoxy) is 2. The average Bonchev–Trinajstić information content (AvgIpc) is 2.45. The predicted octanol–water partition coefficient (Wildman–Crippen LogP) is -4.57. The van der Waals surface area contributed by atoms with Gasteiger partial charge in [-0.2, -0.15) is 0 Å². The summed E-state index contributed by atoms with van der Waals surface area (Å²) in [6.45, 7) is -0.821. The lowest BCUT2D eigenvalue weighted by atomic mass is 9.87. The van der Waals surface area contributed by atoms with Crippen molar-refractivity contribution in [3.63, 3.8) is 0 Å². The summed E-state index contributed by atoms with van der Waals surface area (Å²) in [5.41, 5.74) is 0. The molecule has 10 nitrogen and oxygen atoms in total. The van der Waals surface area contributed by atoms with Gasteiger partial charge in [0.15, 0.2) is 6.10 Å². The molecule has 1 heterocycles. The third-order valence-corrected chi connectivity index (χ3v) is 3.24. The van der Waals surface area contributed by atoms with Crippen LogP contribution in [0.5, 0.6) is 0 Å². The molecule has 0 aliphatic carbocycles. The molecule has 1 fully saturated rings. The highest BCUT2D eigenvalue weighted by Gasteiger charge is 2.59. The van der Waals surface area contributed by atoms with Crippen molar-refractivity contribution >= 4 is 5.97 Å². The van der Waals surface area contributed by atoms with E-state index in [-0.39, 0.29) is 0 Å². The second kappa shape index (κ2) is 6.94. The molecular formula is C11H20O10. The second-order valence-corrected chi connectivity index (χ2v) is 4.80. The first-order valence-electron chi connectivity index (χ1n) is 6.20. The Hall–Kier alpha value is -0.850. The van der Waals surface area contributed by atoms with Gasteiger partial charge in [0.25, 0.3) is 0 Å². The van der Waals surface area contributed by atoms with Crippen molar-refractivity contribution in [2.75, 3.05) is 13.2 Å². The number of hydrogen-bond donors (Lipinski definition) is 7. The molecule has 1 saturated heterocycles. The minimum atomic E-state index is -2.83. The molecule has 0 aromatic carbocycles. The molecule has 10 heteroatoms. The number of aliphatic hydroxyl groups is 7. The lowest BCUT2D eigenvalue weighted by Crippen LogP contribution is -2.71. The zero-order chi connectivity index (χ0) is 16.4. The SMILES string of the molecule is CC(=O)OC(C(O)CO)C1(O)OC(CO)C(O)C(O)C1O. The molecule has 7 unspecified atom stereocenters. The van der Waals surface area contributed by atoms with Crippen LogP contribution >= 0.6 is 0 Å². The smallest absolute Gasteiger partial charge is 0.303 e. The molecule has 0 spiro atoms. The predicted molar refractivity (Wildman–Crippen MR) is 63.6 cm³/mol. The van der Waals surface area contributed by atoms with Crippen LogP contribution in [0.4, 0.5) is 0 Å². The maximum atomic E-state index is 11.0. The van der Waals surface area contributed by atoms with Crippen molar-refractivity contribution in [1.29, 1.82) is 0 Å². The topological polar surface area (TPSA) is 177 Å². The summed E-state index contributed by atoms with van der Waals surface area (Å²) in [5, 5.41) is 67.1. The molecule has 0 aromatic heterocycles. The Morgan fingerprint density at radius 1 is 1.29 bits per heavy atom. The molecular weight excluding hydrogens is 292 g/mol. The van der Waals surface area contributed by atoms with Gasteiger partial charge in [-0.15, -0.1) is 0 Å². The molecule has 0 radical (unpaired) electrons. The highest BCUT2D eigenvalue weighted by atomic mass is 16.7. The highest BCUT2D eigenvalue weighted by Crippen LogP contribution is 2.33. The summed E-state index contributed by atoms with van der Waals surface area (Å²) in [5.74, 6) is -3.79. The third kappa shape index (κ3) is 3.49. The van der Waals surface area contributed by atoms with Gasteiger partial charge in [0.05, 0.1) is 13.2 Å². The van der Waals surface area contributed by atoms with E-state index in [1.165, 1.54) is 0 Å². The van der Waals surface area contributed by atoms with Gasteiger partial charge < -0.3 is 45.2 Å². The van der Waals surface area contributed by atoms with E-state index in [2.05, 4.69) is 4.74 Å². The van der Waals surface area contributed by atoms with Crippen LogP contribution in [0, 0.1) is 0 Å². The number of hydrogen-bond acceptors (Lipinski definition) is 10. The number of rotatable bonds is 5. The summed E-state index contributed by atoms with van der Waals surface area (Å²) in [4.78, 5) is 11.0. The first-order chi connectivity index (χ1) is 9.68. The number of esters is 1. The minimum Gasteiger partial charge on any atom is -0.454 e. The van der Waals surface area contributed by atoms with E-state index in [1.54, 1.807) is 0 Å². The van der Waals surface area contributed by atoms with Crippen LogP contribution in [0.3, 0.4) is 0 Å². The van der Waals surface area contributed by atoms with E-state index in [9.17, 15) is 30.3 Å². The van der Waals surface area contributed by atoms with Crippen LogP contribution in [0.1, 0.15) is 6.92 Å². The molecule has 7 N–H and O–H groups in total. The average molecular weight is 312 g/mol. The fraction of sp³-hybridized carbons (Fsp3) is 0.909. The minimum absolute atomic E-state index is 0.824. The molecule has 0 saturated carbocycles. The Labute approximate surface area is 119 Å². The lowest BCUT2D eigenvalue weighted by Gasteiger charge is -2.48. The van der Waals surface area contributed by atoms with E-state index < -0.39 is 61.6 Å². The molecule has 0 amide bonds. The summed E-state index contributed by atoms with van der Waals surface area (Å²) in [6, 6.07) is 0. The van der Waals surface area contributed by atoms with Gasteiger partial charge in [-0.25, -0.2) is 0 Å². The fourth-order valence-corrected chi connectivity index (χ4v) is 2.13. The van der Waals surface area contributed by atoms with E-state index in [0.717, 1.165) is 6.92 Å². The van der Waals surface area contributed by atoms with Gasteiger partial charge in [0.2, 0.25) is 5.79 Å². The highest BCUT2D eigenvalue weighted by molar-refractivity contribution is 5.66. The Morgan fingerprint density at radius 2 is 1.86 bits per heavy atom. The maximum Gasteiger partial charge on any atom is 0.303 e. The standard InChI is InChI=1S/C11H20O10/c1-4(14)20-10(5(15)2-12)11(19)9(18)8(17)7(16)6(3-13)21-11/h5-10,12-13,15-19H,2-3H2,1H3. The Bertz CT molecular complexity index is 361. The van der Waals surface area contributed by atoms with E-state index >= 15 is 0 Å². The summed E-state index contributed by atoms with van der Waals surface area (Å²) in [7, 11) is 0. The zero-order valence-electron chi connectivity index (χ0n) is 11.2. The summed E-state index contributed by atoms with van der Waals surface area (Å²) >= 11 is 0. The van der Waals surface area contributed by atoms with Crippen LogP contribution in [0.15, 0.2) is 0 Å². The van der Waals surface area contributed by atoms with Crippen LogP contribution in [0.25, 0.3) is 0 Å². The third-order valence-electron chi connectivity index (χ3n) is 3.24. The van der Waals surface area contributed by atoms with E-state index in [4.69, 9.17) is 14.9 Å². The van der Waals surface area contributed by atoms with Crippen molar-refractivity contribution in [2.45, 2.75) is 49.3 Å². The monoisotopic (exact) mass is 312 g/mol. The molecule has 1 aliphatic rings. The Morgan fingerprint density at radius 3 is 2.29 bits per heavy atom. The summed E-state index contributed by atoms with van der Waals surface area (Å²) in [6.07, 6.45) is -11.1. The maximum absolute atomic E-state index is 11.0. The number of carbonyl (C=O) groups excluding carboxylic acids is 1. The Kier molecular flexibility index (Phi) is 6.01. The molecule has 0 bridgehead atoms. The van der Waals surface area contributed by atoms with Crippen molar-refractivity contribution in [3.8, 4) is 0 Å². The van der Waals surface area contributed by atoms with Gasteiger partial charge in [-0.05, 0) is 0 Å². The van der Waals surface area contributed by atoms with Gasteiger partial charge in [0.1, 0.15) is 30.5 Å². The fourth-order valence-electron chi connectivity index (χ4n) is 2.13. The largest absolute Gasteiger partial charge is 0.454 e. The lowest BCUT2D eigenvalue weighted by molar-refractivity contribution is -0.384. The zero-order valence-corrected chi connectivity index (χ0v) is 11.2. The second-order valence-electron chi connectivity index (χ2n) is 4.80. The quantitative estimate of drug-likeness (QED) is 0.244. The van der Waals surface area contributed by atoms with Crippen molar-refractivity contribution < 1.29 is 50.0 Å². The normalized spacial score (nSPS) is 39.6. The molecule has 124 valence electrons. The number of aliphatic hydroxyl groups excluding tert-OH is 6.